The van der Waals surface area contributed by atoms with Crippen LogP contribution in [0.2, 0.25) is 0 Å². The van der Waals surface area contributed by atoms with Crippen molar-refractivity contribution in [3.05, 3.63) is 82.0 Å². The van der Waals surface area contributed by atoms with Crippen LogP contribution in [-0.4, -0.2) is 25.6 Å². The molecule has 1 aromatic heterocycles. The van der Waals surface area contributed by atoms with Gasteiger partial charge in [0, 0.05) is 12.1 Å². The lowest BCUT2D eigenvalue weighted by molar-refractivity contribution is 0.0952. The van der Waals surface area contributed by atoms with E-state index >= 15 is 0 Å². The quantitative estimate of drug-likeness (QED) is 0.407. The van der Waals surface area contributed by atoms with Crippen molar-refractivity contribution in [2.24, 2.45) is 5.10 Å². The van der Waals surface area contributed by atoms with Gasteiger partial charge in [-0.3, -0.25) is 4.79 Å². The summed E-state index contributed by atoms with van der Waals surface area (Å²) in [5, 5.41) is 17.5. The summed E-state index contributed by atoms with van der Waals surface area (Å²) < 4.78 is 27.5. The number of nitrogens with one attached hydrogen (secondary N) is 2. The summed E-state index contributed by atoms with van der Waals surface area (Å²) in [6, 6.07) is 14.4. The average Bonchev–Trinajstić information content (AvgIpc) is 3.21. The lowest BCUT2D eigenvalue weighted by atomic mass is 10.2. The van der Waals surface area contributed by atoms with Gasteiger partial charge in [0.2, 0.25) is 10.0 Å². The van der Waals surface area contributed by atoms with Crippen LogP contribution in [0, 0.1) is 0 Å². The molecule has 144 valence electrons. The van der Waals surface area contributed by atoms with Gasteiger partial charge in [-0.2, -0.15) is 16.4 Å². The number of hydrazone groups is 1. The maximum atomic E-state index is 12.5. The summed E-state index contributed by atoms with van der Waals surface area (Å²) in [6.07, 6.45) is 1.45. The molecule has 0 radical (unpaired) electrons. The third-order valence-electron chi connectivity index (χ3n) is 3.75. The van der Waals surface area contributed by atoms with Gasteiger partial charge >= 0.3 is 0 Å². The zero-order valence-corrected chi connectivity index (χ0v) is 16.2. The monoisotopic (exact) mass is 415 g/mol. The molecule has 7 nitrogen and oxygen atoms in total. The Kier molecular flexibility index (Phi) is 6.19. The number of carbonyl (C=O) groups is 1. The van der Waals surface area contributed by atoms with Crippen molar-refractivity contribution >= 4 is 33.5 Å². The molecule has 1 heterocycles. The Morgan fingerprint density at radius 2 is 1.93 bits per heavy atom. The minimum absolute atomic E-state index is 0.108. The zero-order chi connectivity index (χ0) is 20.0. The fourth-order valence-electron chi connectivity index (χ4n) is 2.30. The van der Waals surface area contributed by atoms with Crippen molar-refractivity contribution in [2.45, 2.75) is 11.4 Å². The number of hydrogen-bond donors (Lipinski definition) is 3. The summed E-state index contributed by atoms with van der Waals surface area (Å²) in [4.78, 5) is 12.1. The van der Waals surface area contributed by atoms with Crippen molar-refractivity contribution in [1.29, 1.82) is 0 Å². The molecule has 0 saturated carbocycles. The van der Waals surface area contributed by atoms with Gasteiger partial charge in [0.25, 0.3) is 5.91 Å². The van der Waals surface area contributed by atoms with Gasteiger partial charge in [0.1, 0.15) is 5.75 Å². The number of hydrogen-bond acceptors (Lipinski definition) is 6. The van der Waals surface area contributed by atoms with Crippen LogP contribution >= 0.6 is 11.3 Å². The molecule has 3 N–H and O–H groups in total. The topological polar surface area (TPSA) is 108 Å². The summed E-state index contributed by atoms with van der Waals surface area (Å²) in [6.45, 7) is 0.108. The molecular formula is C19H17N3O4S2. The molecule has 0 bridgehead atoms. The highest BCUT2D eigenvalue weighted by Crippen LogP contribution is 2.21. The molecular weight excluding hydrogens is 398 g/mol. The maximum Gasteiger partial charge on any atom is 0.275 e. The number of nitrogens with zero attached hydrogens (tertiary/aromatic N) is 1. The summed E-state index contributed by atoms with van der Waals surface area (Å²) >= 11 is 1.49. The summed E-state index contributed by atoms with van der Waals surface area (Å²) in [5.41, 5.74) is 3.70. The van der Waals surface area contributed by atoms with Gasteiger partial charge in [-0.05, 0) is 40.6 Å². The summed E-state index contributed by atoms with van der Waals surface area (Å²) in [5.74, 6) is -1.06. The third kappa shape index (κ3) is 5.03. The van der Waals surface area contributed by atoms with E-state index in [1.165, 1.54) is 23.6 Å². The highest BCUT2D eigenvalue weighted by Gasteiger charge is 2.19. The molecule has 0 spiro atoms. The highest BCUT2D eigenvalue weighted by atomic mass is 32.2. The Balaban J connectivity index is 1.73. The minimum Gasteiger partial charge on any atom is -0.507 e. The largest absolute Gasteiger partial charge is 0.507 e. The number of amides is 1. The van der Waals surface area contributed by atoms with Crippen molar-refractivity contribution in [3.63, 3.8) is 0 Å². The normalized spacial score (nSPS) is 11.6. The first-order chi connectivity index (χ1) is 13.5. The van der Waals surface area contributed by atoms with Gasteiger partial charge in [0.15, 0.2) is 0 Å². The van der Waals surface area contributed by atoms with Crippen LogP contribution in [0.3, 0.4) is 0 Å². The number of phenols is 1. The van der Waals surface area contributed by atoms with E-state index in [1.54, 1.807) is 12.1 Å². The Hall–Kier alpha value is -3.01. The first-order valence-corrected chi connectivity index (χ1v) is 10.6. The smallest absolute Gasteiger partial charge is 0.275 e. The number of carbonyl (C=O) groups excluding carboxylic acids is 1. The fraction of sp³-hybridized carbons (Fsp3) is 0.0526. The van der Waals surface area contributed by atoms with E-state index in [2.05, 4.69) is 15.2 Å². The first-order valence-electron chi connectivity index (χ1n) is 8.18. The standard InChI is InChI=1S/C19H17N3O4S2/c23-18-7-6-16(28(25,26)21-12-14-4-2-1-3-5-14)10-17(18)19(24)22-20-11-15-8-9-27-13-15/h1-11,13,21,23H,12H2,(H,22,24)/b20-11-. The van der Waals surface area contributed by atoms with Crippen molar-refractivity contribution < 1.29 is 18.3 Å². The molecule has 0 fully saturated rings. The minimum atomic E-state index is -3.87. The van der Waals surface area contributed by atoms with Crippen LogP contribution in [0.4, 0.5) is 0 Å². The van der Waals surface area contributed by atoms with Gasteiger partial charge in [-0.25, -0.2) is 18.6 Å². The predicted octanol–water partition coefficient (Wildman–Crippen LogP) is 2.70. The van der Waals surface area contributed by atoms with Crippen molar-refractivity contribution in [3.8, 4) is 5.75 Å². The lowest BCUT2D eigenvalue weighted by Crippen LogP contribution is -2.24. The van der Waals surface area contributed by atoms with Gasteiger partial charge in [-0.15, -0.1) is 0 Å². The van der Waals surface area contributed by atoms with E-state index in [0.717, 1.165) is 23.3 Å². The number of rotatable bonds is 7. The second-order valence-corrected chi connectivity index (χ2v) is 8.29. The molecule has 9 heteroatoms. The van der Waals surface area contributed by atoms with Crippen molar-refractivity contribution in [1.82, 2.24) is 10.1 Å². The van der Waals surface area contributed by atoms with E-state index in [9.17, 15) is 18.3 Å². The fourth-order valence-corrected chi connectivity index (χ4v) is 3.95. The van der Waals surface area contributed by atoms with Gasteiger partial charge < -0.3 is 5.11 Å². The Bertz CT molecular complexity index is 1080. The molecule has 0 aliphatic heterocycles. The van der Waals surface area contributed by atoms with E-state index in [1.807, 2.05) is 35.0 Å². The lowest BCUT2D eigenvalue weighted by Gasteiger charge is -2.09. The zero-order valence-electron chi connectivity index (χ0n) is 14.6. The number of thiophene rings is 1. The van der Waals surface area contributed by atoms with Gasteiger partial charge in [-0.1, -0.05) is 30.3 Å². The van der Waals surface area contributed by atoms with Crippen LogP contribution in [0.5, 0.6) is 5.75 Å². The number of sulfonamides is 1. The molecule has 0 aliphatic rings. The highest BCUT2D eigenvalue weighted by molar-refractivity contribution is 7.89. The van der Waals surface area contributed by atoms with Crippen LogP contribution in [0.1, 0.15) is 21.5 Å². The molecule has 1 amide bonds. The predicted molar refractivity (Wildman–Crippen MR) is 108 cm³/mol. The molecule has 0 aliphatic carbocycles. The maximum absolute atomic E-state index is 12.5. The molecule has 28 heavy (non-hydrogen) atoms. The summed E-state index contributed by atoms with van der Waals surface area (Å²) in [7, 11) is -3.87. The molecule has 0 unspecified atom stereocenters. The molecule has 2 aromatic carbocycles. The second kappa shape index (κ2) is 8.79. The third-order valence-corrected chi connectivity index (χ3v) is 5.86. The van der Waals surface area contributed by atoms with Crippen LogP contribution in [0.25, 0.3) is 0 Å². The van der Waals surface area contributed by atoms with Crippen molar-refractivity contribution in [2.75, 3.05) is 0 Å². The van der Waals surface area contributed by atoms with E-state index in [0.29, 0.717) is 0 Å². The Labute approximate surface area is 166 Å². The number of benzene rings is 2. The van der Waals surface area contributed by atoms with Crippen LogP contribution < -0.4 is 10.1 Å². The molecule has 3 aromatic rings. The second-order valence-electron chi connectivity index (χ2n) is 5.74. The molecule has 3 rings (SSSR count). The Morgan fingerprint density at radius 1 is 1.14 bits per heavy atom. The van der Waals surface area contributed by atoms with E-state index in [-0.39, 0.29) is 22.8 Å². The van der Waals surface area contributed by atoms with E-state index < -0.39 is 15.9 Å². The molecule has 0 saturated heterocycles. The molecule has 0 atom stereocenters. The number of aromatic hydroxyl groups is 1. The Morgan fingerprint density at radius 3 is 2.64 bits per heavy atom. The van der Waals surface area contributed by atoms with Crippen LogP contribution in [-0.2, 0) is 16.6 Å². The van der Waals surface area contributed by atoms with Crippen LogP contribution in [0.15, 0.2) is 75.4 Å². The van der Waals surface area contributed by atoms with Gasteiger partial charge in [0.05, 0.1) is 16.7 Å². The number of phenolic OH excluding ortho intramolecular Hbond substituents is 1. The average molecular weight is 415 g/mol. The SMILES string of the molecule is O=C(N/N=C\c1ccsc1)c1cc(S(=O)(=O)NCc2ccccc2)ccc1O. The first kappa shape index (κ1) is 19.7. The van der Waals surface area contributed by atoms with E-state index in [4.69, 9.17) is 0 Å².